The standard InChI is InChI=1S/C21H19Cl2FN4O3/c1-30-20-18(21(29)26-27-8-10-31-11-9-27)25-28(17-7-6-15(24)12-16(17)23)19(20)13-2-4-14(22)5-3-13/h2-7,12H,8-11H2,1H3,(H,26,29). The zero-order chi connectivity index (χ0) is 22.0. The molecule has 1 amide bonds. The van der Waals surface area contributed by atoms with Gasteiger partial charge in [0, 0.05) is 23.7 Å². The van der Waals surface area contributed by atoms with Crippen molar-refractivity contribution in [2.75, 3.05) is 33.4 Å². The van der Waals surface area contributed by atoms with E-state index in [2.05, 4.69) is 10.5 Å². The van der Waals surface area contributed by atoms with Crippen LogP contribution in [0.1, 0.15) is 10.5 Å². The Morgan fingerprint density at radius 2 is 1.87 bits per heavy atom. The van der Waals surface area contributed by atoms with E-state index in [4.69, 9.17) is 32.7 Å². The summed E-state index contributed by atoms with van der Waals surface area (Å²) in [6.45, 7) is 2.16. The summed E-state index contributed by atoms with van der Waals surface area (Å²) in [5, 5.41) is 6.94. The van der Waals surface area contributed by atoms with Crippen LogP contribution in [0.2, 0.25) is 10.0 Å². The Kier molecular flexibility index (Phi) is 6.43. The summed E-state index contributed by atoms with van der Waals surface area (Å²) in [6.07, 6.45) is 0. The van der Waals surface area contributed by atoms with Crippen LogP contribution in [0, 0.1) is 5.82 Å². The van der Waals surface area contributed by atoms with E-state index < -0.39 is 11.7 Å². The molecule has 1 aromatic heterocycles. The van der Waals surface area contributed by atoms with Crippen molar-refractivity contribution in [2.45, 2.75) is 0 Å². The number of amides is 1. The molecule has 0 bridgehead atoms. The molecule has 0 spiro atoms. The number of nitrogens with one attached hydrogen (secondary N) is 1. The third-order valence-corrected chi connectivity index (χ3v) is 5.34. The van der Waals surface area contributed by atoms with E-state index in [1.165, 1.54) is 30.0 Å². The Hall–Kier alpha value is -2.65. The monoisotopic (exact) mass is 464 g/mol. The summed E-state index contributed by atoms with van der Waals surface area (Å²) in [6, 6.07) is 10.9. The van der Waals surface area contributed by atoms with Crippen molar-refractivity contribution in [3.05, 3.63) is 64.0 Å². The largest absolute Gasteiger partial charge is 0.492 e. The molecule has 1 fully saturated rings. The Bertz CT molecular complexity index is 1100. The number of carbonyl (C=O) groups excluding carboxylic acids is 1. The summed E-state index contributed by atoms with van der Waals surface area (Å²) >= 11 is 12.3. The highest BCUT2D eigenvalue weighted by Crippen LogP contribution is 2.37. The lowest BCUT2D eigenvalue weighted by molar-refractivity contribution is 0.0124. The number of nitrogens with zero attached hydrogens (tertiary/aromatic N) is 3. The van der Waals surface area contributed by atoms with Crippen molar-refractivity contribution >= 4 is 29.1 Å². The highest BCUT2D eigenvalue weighted by molar-refractivity contribution is 6.32. The van der Waals surface area contributed by atoms with Gasteiger partial charge in [-0.2, -0.15) is 5.10 Å². The SMILES string of the molecule is COc1c(C(=O)NN2CCOCC2)nn(-c2ccc(F)cc2Cl)c1-c1ccc(Cl)cc1. The first-order valence-electron chi connectivity index (χ1n) is 9.50. The fraction of sp³-hybridized carbons (Fsp3) is 0.238. The maximum absolute atomic E-state index is 13.6. The van der Waals surface area contributed by atoms with Gasteiger partial charge in [0.1, 0.15) is 11.5 Å². The Morgan fingerprint density at radius 3 is 2.52 bits per heavy atom. The zero-order valence-electron chi connectivity index (χ0n) is 16.6. The van der Waals surface area contributed by atoms with E-state index in [1.807, 2.05) is 0 Å². The second kappa shape index (κ2) is 9.23. The molecular formula is C21H19Cl2FN4O3. The predicted octanol–water partition coefficient (Wildman–Crippen LogP) is 3.97. The molecule has 2 heterocycles. The maximum atomic E-state index is 13.6. The normalized spacial score (nSPS) is 14.5. The van der Waals surface area contributed by atoms with Crippen LogP contribution in [0.25, 0.3) is 16.9 Å². The van der Waals surface area contributed by atoms with Gasteiger partial charge < -0.3 is 9.47 Å². The molecule has 10 heteroatoms. The van der Waals surface area contributed by atoms with Crippen LogP contribution in [-0.2, 0) is 4.74 Å². The predicted molar refractivity (Wildman–Crippen MR) is 115 cm³/mol. The molecular weight excluding hydrogens is 446 g/mol. The number of benzene rings is 2. The number of rotatable bonds is 5. The van der Waals surface area contributed by atoms with Gasteiger partial charge in [-0.25, -0.2) is 14.1 Å². The lowest BCUT2D eigenvalue weighted by Gasteiger charge is -2.26. The minimum absolute atomic E-state index is 0.0688. The van der Waals surface area contributed by atoms with Crippen molar-refractivity contribution in [1.82, 2.24) is 20.2 Å². The first kappa shape index (κ1) is 21.6. The van der Waals surface area contributed by atoms with Gasteiger partial charge in [-0.3, -0.25) is 10.2 Å². The molecule has 0 unspecified atom stereocenters. The fourth-order valence-electron chi connectivity index (χ4n) is 3.31. The average molecular weight is 465 g/mol. The summed E-state index contributed by atoms with van der Waals surface area (Å²) < 4.78 is 26.0. The van der Waals surface area contributed by atoms with Gasteiger partial charge in [0.15, 0.2) is 11.4 Å². The zero-order valence-corrected chi connectivity index (χ0v) is 18.1. The van der Waals surface area contributed by atoms with Crippen LogP contribution in [0.5, 0.6) is 5.75 Å². The molecule has 7 nitrogen and oxygen atoms in total. The number of ether oxygens (including phenoxy) is 2. The second-order valence-electron chi connectivity index (χ2n) is 6.79. The quantitative estimate of drug-likeness (QED) is 0.618. The summed E-state index contributed by atoms with van der Waals surface area (Å²) in [5.74, 6) is -0.661. The molecule has 1 N–H and O–H groups in total. The van der Waals surface area contributed by atoms with Crippen molar-refractivity contribution in [2.24, 2.45) is 0 Å². The first-order valence-corrected chi connectivity index (χ1v) is 10.3. The molecule has 1 saturated heterocycles. The molecule has 0 saturated carbocycles. The topological polar surface area (TPSA) is 68.6 Å². The number of halogens is 3. The highest BCUT2D eigenvalue weighted by Gasteiger charge is 2.28. The minimum Gasteiger partial charge on any atom is -0.492 e. The molecule has 4 rings (SSSR count). The van der Waals surface area contributed by atoms with Crippen LogP contribution < -0.4 is 10.2 Å². The van der Waals surface area contributed by atoms with Crippen LogP contribution in [-0.4, -0.2) is 54.1 Å². The van der Waals surface area contributed by atoms with E-state index in [-0.39, 0.29) is 16.5 Å². The smallest absolute Gasteiger partial charge is 0.289 e. The molecule has 3 aromatic rings. The third-order valence-electron chi connectivity index (χ3n) is 4.79. The molecule has 0 aliphatic carbocycles. The van der Waals surface area contributed by atoms with Gasteiger partial charge in [-0.05, 0) is 30.3 Å². The highest BCUT2D eigenvalue weighted by atomic mass is 35.5. The van der Waals surface area contributed by atoms with Crippen molar-refractivity contribution < 1.29 is 18.7 Å². The van der Waals surface area contributed by atoms with E-state index in [0.29, 0.717) is 48.3 Å². The molecule has 162 valence electrons. The number of aromatic nitrogens is 2. The lowest BCUT2D eigenvalue weighted by Crippen LogP contribution is -2.48. The maximum Gasteiger partial charge on any atom is 0.289 e. The van der Waals surface area contributed by atoms with Gasteiger partial charge in [0.25, 0.3) is 5.91 Å². The van der Waals surface area contributed by atoms with Crippen LogP contribution >= 0.6 is 23.2 Å². The number of methoxy groups -OCH3 is 1. The number of hydrogen-bond donors (Lipinski definition) is 1. The third kappa shape index (κ3) is 4.52. The Labute approximate surface area is 188 Å². The Morgan fingerprint density at radius 1 is 1.16 bits per heavy atom. The summed E-state index contributed by atoms with van der Waals surface area (Å²) in [4.78, 5) is 13.1. The van der Waals surface area contributed by atoms with Crippen molar-refractivity contribution in [3.8, 4) is 22.7 Å². The fourth-order valence-corrected chi connectivity index (χ4v) is 3.68. The van der Waals surface area contributed by atoms with Crippen LogP contribution in [0.3, 0.4) is 0 Å². The number of hydrazine groups is 1. The molecule has 1 aliphatic heterocycles. The molecule has 2 aromatic carbocycles. The van der Waals surface area contributed by atoms with E-state index in [0.717, 1.165) is 0 Å². The van der Waals surface area contributed by atoms with E-state index in [1.54, 1.807) is 29.3 Å². The van der Waals surface area contributed by atoms with Crippen LogP contribution in [0.15, 0.2) is 42.5 Å². The van der Waals surface area contributed by atoms with Crippen LogP contribution in [0.4, 0.5) is 4.39 Å². The van der Waals surface area contributed by atoms with Gasteiger partial charge in [-0.15, -0.1) is 0 Å². The van der Waals surface area contributed by atoms with Crippen molar-refractivity contribution in [3.63, 3.8) is 0 Å². The minimum atomic E-state index is -0.480. The summed E-state index contributed by atoms with van der Waals surface area (Å²) in [7, 11) is 1.46. The summed E-state index contributed by atoms with van der Waals surface area (Å²) in [5.41, 5.74) is 4.48. The first-order chi connectivity index (χ1) is 15.0. The van der Waals surface area contributed by atoms with E-state index in [9.17, 15) is 9.18 Å². The molecule has 1 aliphatic rings. The van der Waals surface area contributed by atoms with Gasteiger partial charge in [0.05, 0.1) is 31.0 Å². The average Bonchev–Trinajstić information content (AvgIpc) is 3.14. The number of carbonyl (C=O) groups is 1. The van der Waals surface area contributed by atoms with Crippen molar-refractivity contribution in [1.29, 1.82) is 0 Å². The molecule has 31 heavy (non-hydrogen) atoms. The number of hydrogen-bond acceptors (Lipinski definition) is 5. The van der Waals surface area contributed by atoms with Gasteiger partial charge in [0.2, 0.25) is 0 Å². The lowest BCUT2D eigenvalue weighted by atomic mass is 10.1. The van der Waals surface area contributed by atoms with Gasteiger partial charge >= 0.3 is 0 Å². The van der Waals surface area contributed by atoms with Gasteiger partial charge in [-0.1, -0.05) is 35.3 Å². The second-order valence-corrected chi connectivity index (χ2v) is 7.63. The molecule has 0 atom stereocenters. The molecule has 0 radical (unpaired) electrons. The number of morpholine rings is 1. The Balaban J connectivity index is 1.84. The van der Waals surface area contributed by atoms with E-state index >= 15 is 0 Å².